The third-order valence-electron chi connectivity index (χ3n) is 4.00. The summed E-state index contributed by atoms with van der Waals surface area (Å²) in [4.78, 5) is 2.63. The van der Waals surface area contributed by atoms with Gasteiger partial charge in [0.15, 0.2) is 0 Å². The zero-order valence-corrected chi connectivity index (χ0v) is 13.1. The minimum atomic E-state index is 0.325. The molecule has 0 saturated heterocycles. The molecule has 0 heterocycles. The van der Waals surface area contributed by atoms with Crippen molar-refractivity contribution < 1.29 is 0 Å². The summed E-state index contributed by atoms with van der Waals surface area (Å²) in [6, 6.07) is 1.20. The van der Waals surface area contributed by atoms with Crippen LogP contribution in [0.25, 0.3) is 0 Å². The van der Waals surface area contributed by atoms with Crippen LogP contribution in [0.5, 0.6) is 0 Å². The average Bonchev–Trinajstić information content (AvgIpc) is 2.26. The Kier molecular flexibility index (Phi) is 8.06. The topological polar surface area (TPSA) is 15.3 Å². The van der Waals surface area contributed by atoms with Crippen molar-refractivity contribution in [2.24, 2.45) is 5.41 Å². The van der Waals surface area contributed by atoms with Crippen molar-refractivity contribution in [3.05, 3.63) is 0 Å². The SMILES string of the molecule is CCCCCN(CC(C)(C)C(C)NC)C(C)C. The van der Waals surface area contributed by atoms with Crippen molar-refractivity contribution in [2.45, 2.75) is 72.9 Å². The van der Waals surface area contributed by atoms with E-state index in [1.807, 2.05) is 0 Å². The fourth-order valence-corrected chi connectivity index (χ4v) is 2.14. The minimum absolute atomic E-state index is 0.325. The van der Waals surface area contributed by atoms with Gasteiger partial charge in [-0.05, 0) is 46.2 Å². The summed E-state index contributed by atoms with van der Waals surface area (Å²) in [5, 5.41) is 3.39. The molecule has 0 fully saturated rings. The van der Waals surface area contributed by atoms with Crippen molar-refractivity contribution in [2.75, 3.05) is 20.1 Å². The Balaban J connectivity index is 4.32. The van der Waals surface area contributed by atoms with Crippen LogP contribution in [0.15, 0.2) is 0 Å². The van der Waals surface area contributed by atoms with E-state index in [4.69, 9.17) is 0 Å². The maximum absolute atomic E-state index is 3.39. The predicted molar refractivity (Wildman–Crippen MR) is 78.5 cm³/mol. The van der Waals surface area contributed by atoms with E-state index in [2.05, 4.69) is 58.8 Å². The second-order valence-corrected chi connectivity index (χ2v) is 6.27. The molecule has 0 aromatic carbocycles. The molecule has 1 unspecified atom stereocenters. The molecule has 0 saturated carbocycles. The van der Waals surface area contributed by atoms with Gasteiger partial charge in [-0.15, -0.1) is 0 Å². The molecule has 2 heteroatoms. The molecule has 0 rings (SSSR count). The van der Waals surface area contributed by atoms with Gasteiger partial charge in [0.05, 0.1) is 0 Å². The maximum Gasteiger partial charge on any atom is 0.00991 e. The summed E-state index contributed by atoms with van der Waals surface area (Å²) in [7, 11) is 2.06. The smallest absolute Gasteiger partial charge is 0.00991 e. The fourth-order valence-electron chi connectivity index (χ4n) is 2.14. The Hall–Kier alpha value is -0.0800. The summed E-state index contributed by atoms with van der Waals surface area (Å²) < 4.78 is 0. The molecular formula is C15H34N2. The third kappa shape index (κ3) is 6.42. The van der Waals surface area contributed by atoms with E-state index in [-0.39, 0.29) is 0 Å². The third-order valence-corrected chi connectivity index (χ3v) is 4.00. The quantitative estimate of drug-likeness (QED) is 0.622. The normalized spacial score (nSPS) is 14.6. The lowest BCUT2D eigenvalue weighted by Gasteiger charge is -2.39. The first-order chi connectivity index (χ1) is 7.85. The molecule has 104 valence electrons. The number of nitrogens with zero attached hydrogens (tertiary/aromatic N) is 1. The summed E-state index contributed by atoms with van der Waals surface area (Å²) in [5.41, 5.74) is 0.325. The van der Waals surface area contributed by atoms with E-state index in [1.165, 1.54) is 32.4 Å². The van der Waals surface area contributed by atoms with E-state index in [0.29, 0.717) is 17.5 Å². The van der Waals surface area contributed by atoms with E-state index in [1.54, 1.807) is 0 Å². The van der Waals surface area contributed by atoms with E-state index < -0.39 is 0 Å². The molecule has 0 aliphatic heterocycles. The van der Waals surface area contributed by atoms with Crippen LogP contribution in [0.3, 0.4) is 0 Å². The molecule has 0 bridgehead atoms. The van der Waals surface area contributed by atoms with Gasteiger partial charge < -0.3 is 10.2 Å². The largest absolute Gasteiger partial charge is 0.317 e. The summed E-state index contributed by atoms with van der Waals surface area (Å²) in [6.45, 7) is 16.3. The summed E-state index contributed by atoms with van der Waals surface area (Å²) in [6.07, 6.45) is 3.99. The highest BCUT2D eigenvalue weighted by molar-refractivity contribution is 4.84. The van der Waals surface area contributed by atoms with Crippen molar-refractivity contribution in [3.63, 3.8) is 0 Å². The Morgan fingerprint density at radius 3 is 2.12 bits per heavy atom. The highest BCUT2D eigenvalue weighted by Gasteiger charge is 2.28. The van der Waals surface area contributed by atoms with Gasteiger partial charge in [-0.3, -0.25) is 0 Å². The van der Waals surface area contributed by atoms with Crippen LogP contribution in [-0.2, 0) is 0 Å². The molecule has 17 heavy (non-hydrogen) atoms. The van der Waals surface area contributed by atoms with Crippen molar-refractivity contribution in [1.82, 2.24) is 10.2 Å². The lowest BCUT2D eigenvalue weighted by atomic mass is 9.84. The molecule has 1 N–H and O–H groups in total. The molecular weight excluding hydrogens is 208 g/mol. The average molecular weight is 242 g/mol. The summed E-state index contributed by atoms with van der Waals surface area (Å²) >= 11 is 0. The molecule has 0 aliphatic rings. The van der Waals surface area contributed by atoms with E-state index in [9.17, 15) is 0 Å². The number of rotatable bonds is 9. The number of unbranched alkanes of at least 4 members (excludes halogenated alkanes) is 2. The minimum Gasteiger partial charge on any atom is -0.317 e. The molecule has 0 radical (unpaired) electrons. The van der Waals surface area contributed by atoms with Gasteiger partial charge >= 0.3 is 0 Å². The van der Waals surface area contributed by atoms with Gasteiger partial charge in [0.2, 0.25) is 0 Å². The van der Waals surface area contributed by atoms with Crippen LogP contribution in [-0.4, -0.2) is 37.1 Å². The Bertz CT molecular complexity index is 187. The van der Waals surface area contributed by atoms with E-state index >= 15 is 0 Å². The number of nitrogens with one attached hydrogen (secondary N) is 1. The Labute approximate surface area is 109 Å². The number of hydrogen-bond donors (Lipinski definition) is 1. The zero-order valence-electron chi connectivity index (χ0n) is 13.1. The van der Waals surface area contributed by atoms with Crippen LogP contribution >= 0.6 is 0 Å². The molecule has 2 nitrogen and oxygen atoms in total. The predicted octanol–water partition coefficient (Wildman–Crippen LogP) is 3.52. The van der Waals surface area contributed by atoms with Crippen molar-refractivity contribution in [1.29, 1.82) is 0 Å². The van der Waals surface area contributed by atoms with Crippen LogP contribution in [0, 0.1) is 5.41 Å². The van der Waals surface area contributed by atoms with Crippen molar-refractivity contribution in [3.8, 4) is 0 Å². The molecule has 0 aromatic heterocycles. The molecule has 0 aromatic rings. The molecule has 0 spiro atoms. The zero-order chi connectivity index (χ0) is 13.5. The fraction of sp³-hybridized carbons (Fsp3) is 1.00. The lowest BCUT2D eigenvalue weighted by molar-refractivity contribution is 0.118. The van der Waals surface area contributed by atoms with E-state index in [0.717, 1.165) is 0 Å². The van der Waals surface area contributed by atoms with Gasteiger partial charge in [-0.2, -0.15) is 0 Å². The van der Waals surface area contributed by atoms with Gasteiger partial charge in [-0.1, -0.05) is 33.6 Å². The Morgan fingerprint density at radius 1 is 1.12 bits per heavy atom. The number of hydrogen-bond acceptors (Lipinski definition) is 2. The second kappa shape index (κ2) is 8.10. The van der Waals surface area contributed by atoms with Crippen molar-refractivity contribution >= 4 is 0 Å². The molecule has 0 aliphatic carbocycles. The maximum atomic E-state index is 3.39. The monoisotopic (exact) mass is 242 g/mol. The highest BCUT2D eigenvalue weighted by atomic mass is 15.2. The standard InChI is InChI=1S/C15H34N2/c1-8-9-10-11-17(13(2)3)12-15(5,6)14(4)16-7/h13-14,16H,8-12H2,1-7H3. The highest BCUT2D eigenvalue weighted by Crippen LogP contribution is 2.23. The van der Waals surface area contributed by atoms with Gasteiger partial charge in [-0.25, -0.2) is 0 Å². The van der Waals surface area contributed by atoms with Crippen LogP contribution in [0.4, 0.5) is 0 Å². The lowest BCUT2D eigenvalue weighted by Crippen LogP contribution is -2.47. The van der Waals surface area contributed by atoms with Crippen LogP contribution in [0.2, 0.25) is 0 Å². The summed E-state index contributed by atoms with van der Waals surface area (Å²) in [5.74, 6) is 0. The first kappa shape index (κ1) is 16.9. The first-order valence-corrected chi connectivity index (χ1v) is 7.26. The first-order valence-electron chi connectivity index (χ1n) is 7.26. The van der Waals surface area contributed by atoms with Crippen LogP contribution < -0.4 is 5.32 Å². The second-order valence-electron chi connectivity index (χ2n) is 6.27. The van der Waals surface area contributed by atoms with Gasteiger partial charge in [0.1, 0.15) is 0 Å². The molecule has 1 atom stereocenters. The Morgan fingerprint density at radius 2 is 1.71 bits per heavy atom. The van der Waals surface area contributed by atoms with Gasteiger partial charge in [0.25, 0.3) is 0 Å². The molecule has 0 amide bonds. The van der Waals surface area contributed by atoms with Crippen LogP contribution in [0.1, 0.15) is 60.8 Å². The van der Waals surface area contributed by atoms with Gasteiger partial charge in [0, 0.05) is 18.6 Å².